The van der Waals surface area contributed by atoms with Gasteiger partial charge in [0, 0.05) is 57.7 Å². The van der Waals surface area contributed by atoms with Gasteiger partial charge in [0.05, 0.1) is 133 Å². The molecule has 12 atom stereocenters. The number of esters is 1. The van der Waals surface area contributed by atoms with E-state index < -0.39 is 126 Å². The first-order valence-corrected chi connectivity index (χ1v) is 37.3. The van der Waals surface area contributed by atoms with E-state index in [0.717, 1.165) is 0 Å². The van der Waals surface area contributed by atoms with Crippen LogP contribution in [-0.4, -0.2) is 233 Å². The Morgan fingerprint density at radius 3 is 1.90 bits per heavy atom. The molecule has 3 aromatic rings. The molecule has 1 aromatic heterocycles. The number of likely N-dealkylation sites (N-methyl/N-ethyl adjacent to an activating group) is 2. The van der Waals surface area contributed by atoms with Crippen LogP contribution in [0.25, 0.3) is 10.4 Å². The molecule has 0 spiro atoms. The molecule has 0 saturated carbocycles. The number of aliphatic hydroxyl groups excluding tert-OH is 1. The number of likely N-dealkylation sites (tertiary alicyclic amines) is 1. The molecule has 0 aliphatic carbocycles. The van der Waals surface area contributed by atoms with Gasteiger partial charge in [0.25, 0.3) is 5.91 Å². The molecule has 4 rings (SSSR count). The number of amides is 10. The summed E-state index contributed by atoms with van der Waals surface area (Å²) in [5, 5.41) is 30.9. The van der Waals surface area contributed by atoms with Crippen LogP contribution in [0.4, 0.5) is 21.0 Å². The third kappa shape index (κ3) is 31.4. The Labute approximate surface area is 640 Å². The zero-order valence-corrected chi connectivity index (χ0v) is 65.7. The summed E-state index contributed by atoms with van der Waals surface area (Å²) < 4.78 is 45.4. The predicted octanol–water partition coefficient (Wildman–Crippen LogP) is 6.71. The predicted molar refractivity (Wildman–Crippen MR) is 405 cm³/mol. The average molecular weight is 1530 g/mol. The molecular formula is C76H118N14O19. The summed E-state index contributed by atoms with van der Waals surface area (Å²) in [6.07, 6.45) is -1.08. The summed E-state index contributed by atoms with van der Waals surface area (Å²) in [6, 6.07) is 12.9. The number of methoxy groups -OCH3 is 2. The van der Waals surface area contributed by atoms with E-state index in [1.54, 1.807) is 121 Å². The SMILES string of the molecule is CC[C@H](C)[C@@H]([C@@H](CC(=O)N1CCC[C@H]1[C@H](OC)[C@@H](C)C(=O)N[C@H](C)[C@@H](O)c1ccccc1)OC)N(C)C(=O)[C@@H](NC(=O)[C@H](C(C)C)N(C)C(=O)OCc1ccc(NC(=O)[C@H](CCCNC(N)=O)NC(=O)[C@@H](OC(=O)CCOCCOCCOCCOCCC(=O)Nc2ccc(CN=[N+]=[N-])nc2)C(C)C)cc1)C(C)C. The molecule has 1 fully saturated rings. The quantitative estimate of drug-likeness (QED) is 0.00956. The number of anilines is 2. The molecule has 10 amide bonds. The minimum atomic E-state index is -1.29. The Balaban J connectivity index is 1.26. The first-order valence-electron chi connectivity index (χ1n) is 37.3. The van der Waals surface area contributed by atoms with Crippen LogP contribution in [0.5, 0.6) is 0 Å². The van der Waals surface area contributed by atoms with E-state index in [1.807, 2.05) is 32.0 Å². The van der Waals surface area contributed by atoms with Crippen molar-refractivity contribution >= 4 is 70.8 Å². The Morgan fingerprint density at radius 1 is 0.716 bits per heavy atom. The summed E-state index contributed by atoms with van der Waals surface area (Å²) in [7, 11) is 6.06. The molecule has 2 heterocycles. The minimum Gasteiger partial charge on any atom is -0.452 e. The maximum Gasteiger partial charge on any atom is 0.410 e. The van der Waals surface area contributed by atoms with Gasteiger partial charge in [-0.2, -0.15) is 0 Å². The number of rotatable bonds is 50. The molecule has 109 heavy (non-hydrogen) atoms. The highest BCUT2D eigenvalue weighted by Crippen LogP contribution is 2.31. The lowest BCUT2D eigenvalue weighted by atomic mass is 9.89. The van der Waals surface area contributed by atoms with Crippen LogP contribution in [0.15, 0.2) is 78.0 Å². The first kappa shape index (κ1) is 92.3. The summed E-state index contributed by atoms with van der Waals surface area (Å²) in [4.78, 5) is 147. The fourth-order valence-corrected chi connectivity index (χ4v) is 12.6. The number of hydrogen-bond donors (Lipinski definition) is 8. The third-order valence-corrected chi connectivity index (χ3v) is 18.8. The van der Waals surface area contributed by atoms with Crippen LogP contribution in [0, 0.1) is 29.6 Å². The molecular weight excluding hydrogens is 1410 g/mol. The largest absolute Gasteiger partial charge is 0.452 e. The molecule has 0 bridgehead atoms. The van der Waals surface area contributed by atoms with Gasteiger partial charge in [-0.05, 0) is 97.2 Å². The van der Waals surface area contributed by atoms with Crippen LogP contribution < -0.4 is 37.6 Å². The Hall–Kier alpha value is -9.08. The number of hydrogen-bond acceptors (Lipinski definition) is 21. The van der Waals surface area contributed by atoms with Gasteiger partial charge in [-0.3, -0.25) is 48.2 Å². The highest BCUT2D eigenvalue weighted by Gasteiger charge is 2.44. The number of aliphatic hydroxyl groups is 1. The summed E-state index contributed by atoms with van der Waals surface area (Å²) in [5.41, 5.74) is 16.3. The molecule has 1 aliphatic rings. The van der Waals surface area contributed by atoms with Crippen molar-refractivity contribution in [1.82, 2.24) is 41.0 Å². The molecule has 0 unspecified atom stereocenters. The van der Waals surface area contributed by atoms with Gasteiger partial charge in [0.2, 0.25) is 35.4 Å². The zero-order chi connectivity index (χ0) is 80.7. The molecule has 1 aliphatic heterocycles. The summed E-state index contributed by atoms with van der Waals surface area (Å²) in [6.45, 7) is 19.9. The molecule has 606 valence electrons. The number of carbonyl (C=O) groups is 10. The summed E-state index contributed by atoms with van der Waals surface area (Å²) >= 11 is 0. The number of nitrogens with two attached hydrogens (primary N) is 1. The number of aromatic nitrogens is 1. The van der Waals surface area contributed by atoms with Crippen molar-refractivity contribution in [2.75, 3.05) is 105 Å². The van der Waals surface area contributed by atoms with E-state index in [1.165, 1.54) is 32.4 Å². The minimum absolute atomic E-state index is 0.0273. The molecule has 2 aromatic carbocycles. The second kappa shape index (κ2) is 49.1. The van der Waals surface area contributed by atoms with Crippen LogP contribution in [0.3, 0.4) is 0 Å². The number of pyridine rings is 1. The fraction of sp³-hybridized carbons (Fsp3) is 0.645. The zero-order valence-electron chi connectivity index (χ0n) is 65.7. The van der Waals surface area contributed by atoms with Crippen LogP contribution >= 0.6 is 0 Å². The normalized spacial score (nSPS) is 15.8. The van der Waals surface area contributed by atoms with Gasteiger partial charge in [-0.25, -0.2) is 9.59 Å². The number of ether oxygens (including phenoxy) is 8. The van der Waals surface area contributed by atoms with Crippen molar-refractivity contribution in [3.63, 3.8) is 0 Å². The molecule has 9 N–H and O–H groups in total. The van der Waals surface area contributed by atoms with Gasteiger partial charge in [0.1, 0.15) is 24.7 Å². The molecule has 1 saturated heterocycles. The van der Waals surface area contributed by atoms with E-state index in [2.05, 4.69) is 46.9 Å². The highest BCUT2D eigenvalue weighted by atomic mass is 16.6. The lowest BCUT2D eigenvalue weighted by Gasteiger charge is -2.41. The third-order valence-electron chi connectivity index (χ3n) is 18.8. The van der Waals surface area contributed by atoms with Crippen molar-refractivity contribution in [1.29, 1.82) is 0 Å². The monoisotopic (exact) mass is 1530 g/mol. The van der Waals surface area contributed by atoms with Crippen molar-refractivity contribution in [2.45, 2.75) is 194 Å². The van der Waals surface area contributed by atoms with E-state index in [-0.39, 0.29) is 128 Å². The molecule has 33 nitrogen and oxygen atoms in total. The lowest BCUT2D eigenvalue weighted by Crippen LogP contribution is -2.60. The number of nitrogens with one attached hydrogen (secondary N) is 6. The van der Waals surface area contributed by atoms with E-state index in [9.17, 15) is 53.1 Å². The molecule has 33 heteroatoms. The topological polar surface area (TPSA) is 434 Å². The van der Waals surface area contributed by atoms with E-state index in [4.69, 9.17) is 49.2 Å². The summed E-state index contributed by atoms with van der Waals surface area (Å²) in [5.74, 6) is -6.21. The maximum absolute atomic E-state index is 14.9. The lowest BCUT2D eigenvalue weighted by molar-refractivity contribution is -0.160. The van der Waals surface area contributed by atoms with Crippen molar-refractivity contribution in [3.05, 3.63) is 100 Å². The first-order chi connectivity index (χ1) is 52.0. The van der Waals surface area contributed by atoms with Crippen LogP contribution in [-0.2, 0) is 89.4 Å². The van der Waals surface area contributed by atoms with Gasteiger partial charge in [0.15, 0.2) is 6.10 Å². The molecule has 0 radical (unpaired) electrons. The number of nitrogens with zero attached hydrogens (tertiary/aromatic N) is 7. The van der Waals surface area contributed by atoms with E-state index >= 15 is 0 Å². The standard InChI is InChI=1S/C76H118N14O19/c1-15-50(8)66(60(102-13)43-62(92)90-34-20-24-59(90)69(103-14)51(9)70(95)82-52(10)67(94)54-21-17-16-18-22-54)88(11)74(99)64(47(2)3)86-72(97)65(48(4)5)89(12)76(101)108-46-53-25-27-55(28-26-53)84-71(96)58(23-19-33-79-75(77)100)85-73(98)68(49(6)7)109-63(93)32-36-105-38-40-107-42-41-106-39-37-104-35-31-61(91)83-57-30-29-56(80-44-57)45-81-87-78/h16-18,21-22,25-30,44,47-52,58-60,64-69,94H,15,19-20,23-24,31-43,45-46H2,1-14H3,(H,82,95)(H,83,91)(H,84,96)(H,85,98)(H,86,97)(H3,77,79,100)/t50-,51+,52+,58-,59-,60+,64-,65-,66-,67+,68-,69+/m0/s1. The van der Waals surface area contributed by atoms with Crippen molar-refractivity contribution in [3.8, 4) is 0 Å². The van der Waals surface area contributed by atoms with Crippen LogP contribution in [0.2, 0.25) is 0 Å². The number of urea groups is 1. The smallest absolute Gasteiger partial charge is 0.410 e. The second-order valence-electron chi connectivity index (χ2n) is 28.1. The number of azide groups is 1. The Bertz CT molecular complexity index is 3370. The van der Waals surface area contributed by atoms with Crippen molar-refractivity contribution in [2.24, 2.45) is 40.4 Å². The number of carbonyl (C=O) groups excluding carboxylic acids is 10. The Morgan fingerprint density at radius 2 is 1.34 bits per heavy atom. The highest BCUT2D eigenvalue weighted by molar-refractivity contribution is 5.98. The van der Waals surface area contributed by atoms with E-state index in [0.29, 0.717) is 54.0 Å². The van der Waals surface area contributed by atoms with Crippen molar-refractivity contribution < 1.29 is 90.9 Å². The van der Waals surface area contributed by atoms with Gasteiger partial charge in [-0.1, -0.05) is 116 Å². The van der Waals surface area contributed by atoms with Crippen LogP contribution in [0.1, 0.15) is 144 Å². The Kier molecular flexibility index (Phi) is 41.6. The fourth-order valence-electron chi connectivity index (χ4n) is 12.6. The van der Waals surface area contributed by atoms with Gasteiger partial charge < -0.3 is 90.4 Å². The van der Waals surface area contributed by atoms with Gasteiger partial charge in [-0.15, -0.1) is 0 Å². The maximum atomic E-state index is 14.9. The second-order valence-corrected chi connectivity index (χ2v) is 28.1. The average Bonchev–Trinajstić information content (AvgIpc) is 1.80. The number of benzene rings is 2. The van der Waals surface area contributed by atoms with Gasteiger partial charge >= 0.3 is 18.1 Å². The number of primary amides is 1.